The van der Waals surface area contributed by atoms with Crippen molar-refractivity contribution in [1.82, 2.24) is 4.90 Å². The Balaban J connectivity index is 1.79. The van der Waals surface area contributed by atoms with Crippen molar-refractivity contribution in [2.45, 2.75) is 11.0 Å². The van der Waals surface area contributed by atoms with Crippen molar-refractivity contribution in [3.63, 3.8) is 0 Å². The Bertz CT molecular complexity index is 880. The van der Waals surface area contributed by atoms with E-state index in [0.29, 0.717) is 25.3 Å². The van der Waals surface area contributed by atoms with Gasteiger partial charge in [0, 0.05) is 18.4 Å². The summed E-state index contributed by atoms with van der Waals surface area (Å²) in [5.74, 6) is -0.578. The molecule has 2 aromatic carbocycles. The van der Waals surface area contributed by atoms with Gasteiger partial charge in [0.05, 0.1) is 18.0 Å². The van der Waals surface area contributed by atoms with Gasteiger partial charge in [-0.15, -0.1) is 0 Å². The summed E-state index contributed by atoms with van der Waals surface area (Å²) in [5, 5.41) is 0. The van der Waals surface area contributed by atoms with Crippen molar-refractivity contribution in [2.75, 3.05) is 26.0 Å². The number of halogens is 1. The molecule has 1 atom stereocenters. The second-order valence-electron chi connectivity index (χ2n) is 5.96. The molecule has 0 N–H and O–H groups in total. The second-order valence-corrected chi connectivity index (χ2v) is 7.98. The highest BCUT2D eigenvalue weighted by Gasteiger charge is 2.26. The van der Waals surface area contributed by atoms with Crippen LogP contribution >= 0.6 is 0 Å². The topological polar surface area (TPSA) is 63.7 Å². The first-order chi connectivity index (χ1) is 11.8. The fraction of sp³-hybridized carbons (Fsp3) is 0.278. The maximum absolute atomic E-state index is 13.1. The standard InChI is InChI=1S/C18H18FNO4S/c1-25(22,23)16-4-2-3-14(11-16)18(21)20-9-10-24-17(12-20)13-5-7-15(19)8-6-13/h2-8,11,17H,9-10,12H2,1H3. The SMILES string of the molecule is CS(=O)(=O)c1cccc(C(=O)N2CCOC(c3ccc(F)cc3)C2)c1. The highest BCUT2D eigenvalue weighted by atomic mass is 32.2. The van der Waals surface area contributed by atoms with E-state index in [4.69, 9.17) is 4.74 Å². The van der Waals surface area contributed by atoms with Crippen molar-refractivity contribution < 1.29 is 22.3 Å². The van der Waals surface area contributed by atoms with Crippen LogP contribution in [0.5, 0.6) is 0 Å². The maximum Gasteiger partial charge on any atom is 0.254 e. The first-order valence-corrected chi connectivity index (χ1v) is 9.70. The normalized spacial score (nSPS) is 18.2. The number of ether oxygens (including phenoxy) is 1. The fourth-order valence-electron chi connectivity index (χ4n) is 2.76. The number of rotatable bonds is 3. The van der Waals surface area contributed by atoms with E-state index in [0.717, 1.165) is 11.8 Å². The molecule has 7 heteroatoms. The molecule has 0 saturated carbocycles. The summed E-state index contributed by atoms with van der Waals surface area (Å²) in [4.78, 5) is 14.5. The van der Waals surface area contributed by atoms with Crippen LogP contribution in [0.3, 0.4) is 0 Å². The van der Waals surface area contributed by atoms with Crippen LogP contribution in [0, 0.1) is 5.82 Å². The van der Waals surface area contributed by atoms with E-state index in [1.165, 1.54) is 24.3 Å². The van der Waals surface area contributed by atoms with Crippen molar-refractivity contribution in [1.29, 1.82) is 0 Å². The molecule has 1 saturated heterocycles. The molecule has 1 amide bonds. The van der Waals surface area contributed by atoms with Crippen LogP contribution in [0.4, 0.5) is 4.39 Å². The van der Waals surface area contributed by atoms with E-state index < -0.39 is 9.84 Å². The molecule has 1 aliphatic rings. The van der Waals surface area contributed by atoms with Crippen LogP contribution in [0.15, 0.2) is 53.4 Å². The molecule has 1 aliphatic heterocycles. The van der Waals surface area contributed by atoms with E-state index in [1.807, 2.05) is 0 Å². The quantitative estimate of drug-likeness (QED) is 0.840. The monoisotopic (exact) mass is 363 g/mol. The third kappa shape index (κ3) is 4.05. The minimum atomic E-state index is -3.38. The predicted molar refractivity (Wildman–Crippen MR) is 90.5 cm³/mol. The Morgan fingerprint density at radius 1 is 1.20 bits per heavy atom. The summed E-state index contributed by atoms with van der Waals surface area (Å²) in [6.45, 7) is 1.10. The molecule has 1 heterocycles. The molecule has 3 rings (SSSR count). The molecule has 0 bridgehead atoms. The lowest BCUT2D eigenvalue weighted by atomic mass is 10.1. The molecule has 25 heavy (non-hydrogen) atoms. The summed E-state index contributed by atoms with van der Waals surface area (Å²) in [7, 11) is -3.38. The Kier molecular flexibility index (Phi) is 4.87. The van der Waals surface area contributed by atoms with E-state index in [2.05, 4.69) is 0 Å². The fourth-order valence-corrected chi connectivity index (χ4v) is 3.42. The van der Waals surface area contributed by atoms with Gasteiger partial charge in [-0.1, -0.05) is 18.2 Å². The third-order valence-electron chi connectivity index (χ3n) is 4.10. The van der Waals surface area contributed by atoms with Crippen LogP contribution in [0.2, 0.25) is 0 Å². The van der Waals surface area contributed by atoms with Gasteiger partial charge in [-0.05, 0) is 35.9 Å². The third-order valence-corrected chi connectivity index (χ3v) is 5.21. The number of carbonyl (C=O) groups excluding carboxylic acids is 1. The number of amides is 1. The van der Waals surface area contributed by atoms with Gasteiger partial charge >= 0.3 is 0 Å². The first kappa shape index (κ1) is 17.6. The Labute approximate surface area is 145 Å². The Morgan fingerprint density at radius 3 is 2.60 bits per heavy atom. The summed E-state index contributed by atoms with van der Waals surface area (Å²) in [6.07, 6.45) is 0.770. The van der Waals surface area contributed by atoms with E-state index >= 15 is 0 Å². The largest absolute Gasteiger partial charge is 0.370 e. The zero-order valence-electron chi connectivity index (χ0n) is 13.7. The van der Waals surface area contributed by atoms with E-state index in [9.17, 15) is 17.6 Å². The Hall–Kier alpha value is -2.25. The highest BCUT2D eigenvalue weighted by molar-refractivity contribution is 7.90. The molecule has 5 nitrogen and oxygen atoms in total. The van der Waals surface area contributed by atoms with Gasteiger partial charge in [0.15, 0.2) is 9.84 Å². The smallest absolute Gasteiger partial charge is 0.254 e. The van der Waals surface area contributed by atoms with E-state index in [-0.39, 0.29) is 22.7 Å². The van der Waals surface area contributed by atoms with Gasteiger partial charge in [0.2, 0.25) is 0 Å². The highest BCUT2D eigenvalue weighted by Crippen LogP contribution is 2.24. The molecule has 1 fully saturated rings. The molecule has 0 aliphatic carbocycles. The Morgan fingerprint density at radius 2 is 1.92 bits per heavy atom. The lowest BCUT2D eigenvalue weighted by Crippen LogP contribution is -2.42. The van der Waals surface area contributed by atoms with Crippen LogP contribution in [0.25, 0.3) is 0 Å². The molecule has 0 radical (unpaired) electrons. The summed E-state index contributed by atoms with van der Waals surface area (Å²) in [5.41, 5.74) is 1.12. The summed E-state index contributed by atoms with van der Waals surface area (Å²) < 4.78 is 42.1. The lowest BCUT2D eigenvalue weighted by molar-refractivity contribution is -0.0228. The maximum atomic E-state index is 13.1. The number of nitrogens with zero attached hydrogens (tertiary/aromatic N) is 1. The van der Waals surface area contributed by atoms with Gasteiger partial charge in [-0.2, -0.15) is 0 Å². The summed E-state index contributed by atoms with van der Waals surface area (Å²) >= 11 is 0. The number of hydrogen-bond donors (Lipinski definition) is 0. The lowest BCUT2D eigenvalue weighted by Gasteiger charge is -2.33. The minimum Gasteiger partial charge on any atom is -0.370 e. The van der Waals surface area contributed by atoms with Gasteiger partial charge < -0.3 is 9.64 Å². The molecule has 1 unspecified atom stereocenters. The van der Waals surface area contributed by atoms with Gasteiger partial charge in [-0.3, -0.25) is 4.79 Å². The number of carbonyl (C=O) groups is 1. The van der Waals surface area contributed by atoms with Crippen molar-refractivity contribution >= 4 is 15.7 Å². The summed E-state index contributed by atoms with van der Waals surface area (Å²) in [6, 6.07) is 12.0. The van der Waals surface area contributed by atoms with Gasteiger partial charge in [0.25, 0.3) is 5.91 Å². The molecule has 132 valence electrons. The van der Waals surface area contributed by atoms with Crippen LogP contribution < -0.4 is 0 Å². The molecule has 0 spiro atoms. The van der Waals surface area contributed by atoms with Crippen molar-refractivity contribution in [2.24, 2.45) is 0 Å². The second kappa shape index (κ2) is 6.93. The van der Waals surface area contributed by atoms with Crippen LogP contribution in [-0.4, -0.2) is 45.2 Å². The average Bonchev–Trinajstić information content (AvgIpc) is 2.61. The van der Waals surface area contributed by atoms with Crippen LogP contribution in [0.1, 0.15) is 22.0 Å². The number of benzene rings is 2. The minimum absolute atomic E-state index is 0.113. The first-order valence-electron chi connectivity index (χ1n) is 7.81. The van der Waals surface area contributed by atoms with E-state index in [1.54, 1.807) is 29.2 Å². The number of hydrogen-bond acceptors (Lipinski definition) is 4. The van der Waals surface area contributed by atoms with Crippen LogP contribution in [-0.2, 0) is 14.6 Å². The zero-order chi connectivity index (χ0) is 18.0. The van der Waals surface area contributed by atoms with Gasteiger partial charge in [0.1, 0.15) is 11.9 Å². The zero-order valence-corrected chi connectivity index (χ0v) is 14.5. The van der Waals surface area contributed by atoms with Gasteiger partial charge in [-0.25, -0.2) is 12.8 Å². The molecule has 2 aromatic rings. The van der Waals surface area contributed by atoms with Crippen molar-refractivity contribution in [3.8, 4) is 0 Å². The average molecular weight is 363 g/mol. The number of morpholine rings is 1. The molecular formula is C18H18FNO4S. The number of sulfone groups is 1. The molecule has 0 aromatic heterocycles. The molecular weight excluding hydrogens is 345 g/mol. The predicted octanol–water partition coefficient (Wildman–Crippen LogP) is 2.44. The van der Waals surface area contributed by atoms with Crippen molar-refractivity contribution in [3.05, 3.63) is 65.5 Å².